The van der Waals surface area contributed by atoms with Crippen molar-refractivity contribution in [2.24, 2.45) is 11.8 Å². The van der Waals surface area contributed by atoms with E-state index in [-0.39, 0.29) is 5.54 Å². The summed E-state index contributed by atoms with van der Waals surface area (Å²) in [6.07, 6.45) is 4.07. The number of hydrogen-bond donors (Lipinski definition) is 1. The zero-order valence-corrected chi connectivity index (χ0v) is 14.3. The second kappa shape index (κ2) is 6.83. The van der Waals surface area contributed by atoms with Crippen LogP contribution in [0.4, 0.5) is 0 Å². The third kappa shape index (κ3) is 5.35. The Morgan fingerprint density at radius 3 is 2.29 bits per heavy atom. The first kappa shape index (κ1) is 16.4. The van der Waals surface area contributed by atoms with Crippen LogP contribution in [-0.2, 0) is 6.54 Å². The molecule has 118 valence electrons. The van der Waals surface area contributed by atoms with E-state index in [2.05, 4.69) is 64.2 Å². The molecule has 0 heterocycles. The molecule has 0 amide bonds. The summed E-state index contributed by atoms with van der Waals surface area (Å²) in [7, 11) is 0. The second-order valence-electron chi connectivity index (χ2n) is 7.75. The van der Waals surface area contributed by atoms with Crippen LogP contribution in [0.15, 0.2) is 24.3 Å². The van der Waals surface area contributed by atoms with Gasteiger partial charge < -0.3 is 10.1 Å². The molecule has 2 nitrogen and oxygen atoms in total. The normalized spacial score (nSPS) is 26.6. The highest BCUT2D eigenvalue weighted by Gasteiger charge is 2.25. The van der Waals surface area contributed by atoms with Crippen LogP contribution < -0.4 is 10.1 Å². The second-order valence-corrected chi connectivity index (χ2v) is 7.75. The predicted octanol–water partition coefficient (Wildman–Crippen LogP) is 4.78. The lowest BCUT2D eigenvalue weighted by atomic mass is 9.80. The molecule has 2 rings (SSSR count). The first-order chi connectivity index (χ1) is 9.83. The Hall–Kier alpha value is -1.02. The predicted molar refractivity (Wildman–Crippen MR) is 89.6 cm³/mol. The van der Waals surface area contributed by atoms with Crippen LogP contribution in [0.1, 0.15) is 59.4 Å². The standard InChI is InChI=1S/C19H31NO/c1-14-6-9-18(12-15(14)2)21-17-10-7-16(8-11-17)13-20-19(3,4)5/h7-8,10-11,14-15,18,20H,6,9,12-13H2,1-5H3. The lowest BCUT2D eigenvalue weighted by Gasteiger charge is -2.32. The highest BCUT2D eigenvalue weighted by molar-refractivity contribution is 5.27. The Kier molecular flexibility index (Phi) is 5.32. The molecular formula is C19H31NO. The smallest absolute Gasteiger partial charge is 0.119 e. The summed E-state index contributed by atoms with van der Waals surface area (Å²) in [6.45, 7) is 12.2. The minimum absolute atomic E-state index is 0.157. The van der Waals surface area contributed by atoms with Crippen molar-refractivity contribution >= 4 is 0 Å². The molecule has 1 saturated carbocycles. The van der Waals surface area contributed by atoms with Gasteiger partial charge in [0, 0.05) is 12.1 Å². The van der Waals surface area contributed by atoms with Gasteiger partial charge in [0.2, 0.25) is 0 Å². The summed E-state index contributed by atoms with van der Waals surface area (Å²) in [6, 6.07) is 8.57. The fourth-order valence-electron chi connectivity index (χ4n) is 2.85. The molecule has 0 spiro atoms. The summed E-state index contributed by atoms with van der Waals surface area (Å²) >= 11 is 0. The Morgan fingerprint density at radius 1 is 1.05 bits per heavy atom. The molecule has 1 aliphatic carbocycles. The maximum Gasteiger partial charge on any atom is 0.119 e. The van der Waals surface area contributed by atoms with Gasteiger partial charge in [0.1, 0.15) is 5.75 Å². The van der Waals surface area contributed by atoms with Gasteiger partial charge in [-0.25, -0.2) is 0 Å². The van der Waals surface area contributed by atoms with Crippen LogP contribution in [0.5, 0.6) is 5.75 Å². The molecule has 21 heavy (non-hydrogen) atoms. The lowest BCUT2D eigenvalue weighted by molar-refractivity contribution is 0.101. The summed E-state index contributed by atoms with van der Waals surface area (Å²) in [4.78, 5) is 0. The molecule has 3 atom stereocenters. The van der Waals surface area contributed by atoms with Gasteiger partial charge in [-0.1, -0.05) is 26.0 Å². The van der Waals surface area contributed by atoms with Gasteiger partial charge >= 0.3 is 0 Å². The average Bonchev–Trinajstić information content (AvgIpc) is 2.41. The summed E-state index contributed by atoms with van der Waals surface area (Å²) < 4.78 is 6.15. The number of hydrogen-bond acceptors (Lipinski definition) is 2. The van der Waals surface area contributed by atoms with E-state index in [1.54, 1.807) is 0 Å². The van der Waals surface area contributed by atoms with Crippen molar-refractivity contribution in [3.63, 3.8) is 0 Å². The van der Waals surface area contributed by atoms with E-state index >= 15 is 0 Å². The fourth-order valence-corrected chi connectivity index (χ4v) is 2.85. The Bertz CT molecular complexity index is 432. The van der Waals surface area contributed by atoms with Gasteiger partial charge in [0.05, 0.1) is 6.10 Å². The largest absolute Gasteiger partial charge is 0.490 e. The molecule has 0 radical (unpaired) electrons. The molecule has 1 aliphatic rings. The van der Waals surface area contributed by atoms with Crippen molar-refractivity contribution in [2.75, 3.05) is 0 Å². The van der Waals surface area contributed by atoms with Crippen LogP contribution in [0.25, 0.3) is 0 Å². The average molecular weight is 289 g/mol. The Balaban J connectivity index is 1.85. The molecule has 1 N–H and O–H groups in total. The molecular weight excluding hydrogens is 258 g/mol. The third-order valence-electron chi connectivity index (χ3n) is 4.60. The number of nitrogens with one attached hydrogen (secondary N) is 1. The van der Waals surface area contributed by atoms with Gasteiger partial charge in [-0.2, -0.15) is 0 Å². The van der Waals surface area contributed by atoms with E-state index in [1.165, 1.54) is 24.8 Å². The van der Waals surface area contributed by atoms with Crippen molar-refractivity contribution in [3.05, 3.63) is 29.8 Å². The summed E-state index contributed by atoms with van der Waals surface area (Å²) in [5, 5.41) is 3.51. The number of rotatable bonds is 4. The topological polar surface area (TPSA) is 21.3 Å². The molecule has 2 heteroatoms. The zero-order valence-electron chi connectivity index (χ0n) is 14.3. The third-order valence-corrected chi connectivity index (χ3v) is 4.60. The van der Waals surface area contributed by atoms with E-state index in [9.17, 15) is 0 Å². The molecule has 1 aromatic rings. The van der Waals surface area contributed by atoms with Gasteiger partial charge in [0.15, 0.2) is 0 Å². The van der Waals surface area contributed by atoms with E-state index < -0.39 is 0 Å². The SMILES string of the molecule is CC1CCC(Oc2ccc(CNC(C)(C)C)cc2)CC1C. The number of ether oxygens (including phenoxy) is 1. The summed E-state index contributed by atoms with van der Waals surface area (Å²) in [5.41, 5.74) is 1.47. The zero-order chi connectivity index (χ0) is 15.5. The highest BCUT2D eigenvalue weighted by atomic mass is 16.5. The van der Waals surface area contributed by atoms with Gasteiger partial charge in [0.25, 0.3) is 0 Å². The van der Waals surface area contributed by atoms with E-state index in [0.29, 0.717) is 6.10 Å². The van der Waals surface area contributed by atoms with Crippen molar-refractivity contribution in [1.29, 1.82) is 0 Å². The van der Waals surface area contributed by atoms with Gasteiger partial charge in [-0.3, -0.25) is 0 Å². The Labute approximate surface area is 130 Å². The van der Waals surface area contributed by atoms with Crippen molar-refractivity contribution in [2.45, 2.75) is 72.1 Å². The van der Waals surface area contributed by atoms with E-state index in [1.807, 2.05) is 0 Å². The molecule has 0 saturated heterocycles. The maximum atomic E-state index is 6.15. The maximum absolute atomic E-state index is 6.15. The first-order valence-electron chi connectivity index (χ1n) is 8.34. The number of benzene rings is 1. The quantitative estimate of drug-likeness (QED) is 0.861. The molecule has 0 aliphatic heterocycles. The van der Waals surface area contributed by atoms with Crippen molar-refractivity contribution in [3.8, 4) is 5.75 Å². The summed E-state index contributed by atoms with van der Waals surface area (Å²) in [5.74, 6) is 2.64. The van der Waals surface area contributed by atoms with Crippen LogP contribution in [-0.4, -0.2) is 11.6 Å². The minimum atomic E-state index is 0.157. The first-order valence-corrected chi connectivity index (χ1v) is 8.34. The van der Waals surface area contributed by atoms with Crippen LogP contribution in [0.3, 0.4) is 0 Å². The molecule has 1 fully saturated rings. The van der Waals surface area contributed by atoms with Crippen LogP contribution >= 0.6 is 0 Å². The van der Waals surface area contributed by atoms with Crippen molar-refractivity contribution in [1.82, 2.24) is 5.32 Å². The van der Waals surface area contributed by atoms with E-state index in [0.717, 1.165) is 24.1 Å². The lowest BCUT2D eigenvalue weighted by Crippen LogP contribution is -2.35. The Morgan fingerprint density at radius 2 is 1.71 bits per heavy atom. The molecule has 0 aromatic heterocycles. The molecule has 1 aromatic carbocycles. The van der Waals surface area contributed by atoms with Crippen LogP contribution in [0.2, 0.25) is 0 Å². The highest BCUT2D eigenvalue weighted by Crippen LogP contribution is 2.31. The van der Waals surface area contributed by atoms with Gasteiger partial charge in [-0.15, -0.1) is 0 Å². The monoisotopic (exact) mass is 289 g/mol. The molecule has 0 bridgehead atoms. The van der Waals surface area contributed by atoms with Crippen LogP contribution in [0, 0.1) is 11.8 Å². The minimum Gasteiger partial charge on any atom is -0.490 e. The van der Waals surface area contributed by atoms with E-state index in [4.69, 9.17) is 4.74 Å². The van der Waals surface area contributed by atoms with Crippen molar-refractivity contribution < 1.29 is 4.74 Å². The fraction of sp³-hybridized carbons (Fsp3) is 0.684. The molecule has 3 unspecified atom stereocenters. The van der Waals surface area contributed by atoms with Gasteiger partial charge in [-0.05, 0) is 69.6 Å².